The SMILES string of the molecule is CCCNC(CCc1cnn(C)c1)CSCC. The number of hydrogen-bond donors (Lipinski definition) is 1. The molecule has 0 spiro atoms. The first-order valence-electron chi connectivity index (χ1n) is 6.54. The van der Waals surface area contributed by atoms with E-state index in [1.54, 1.807) is 0 Å². The van der Waals surface area contributed by atoms with Crippen molar-refractivity contribution in [2.75, 3.05) is 18.1 Å². The van der Waals surface area contributed by atoms with E-state index in [2.05, 4.69) is 30.5 Å². The molecule has 1 heterocycles. The second-order valence-corrected chi connectivity index (χ2v) is 5.69. The topological polar surface area (TPSA) is 29.9 Å². The van der Waals surface area contributed by atoms with E-state index in [9.17, 15) is 0 Å². The lowest BCUT2D eigenvalue weighted by Crippen LogP contribution is -2.32. The Morgan fingerprint density at radius 1 is 1.47 bits per heavy atom. The number of aryl methyl sites for hydroxylation is 2. The van der Waals surface area contributed by atoms with Crippen molar-refractivity contribution in [2.24, 2.45) is 7.05 Å². The Balaban J connectivity index is 2.31. The zero-order valence-electron chi connectivity index (χ0n) is 11.3. The summed E-state index contributed by atoms with van der Waals surface area (Å²) in [6, 6.07) is 0.639. The number of rotatable bonds is 9. The van der Waals surface area contributed by atoms with Crippen LogP contribution in [0.15, 0.2) is 12.4 Å². The average molecular weight is 255 g/mol. The van der Waals surface area contributed by atoms with E-state index in [0.29, 0.717) is 6.04 Å². The van der Waals surface area contributed by atoms with E-state index < -0.39 is 0 Å². The summed E-state index contributed by atoms with van der Waals surface area (Å²) in [4.78, 5) is 0. The molecule has 17 heavy (non-hydrogen) atoms. The second-order valence-electron chi connectivity index (χ2n) is 4.37. The summed E-state index contributed by atoms with van der Waals surface area (Å²) in [5.74, 6) is 2.42. The minimum Gasteiger partial charge on any atom is -0.313 e. The summed E-state index contributed by atoms with van der Waals surface area (Å²) >= 11 is 2.02. The van der Waals surface area contributed by atoms with Crippen LogP contribution < -0.4 is 5.32 Å². The molecular formula is C13H25N3S. The minimum absolute atomic E-state index is 0.639. The highest BCUT2D eigenvalue weighted by atomic mass is 32.2. The first-order chi connectivity index (χ1) is 8.26. The minimum atomic E-state index is 0.639. The molecule has 0 fully saturated rings. The molecule has 3 nitrogen and oxygen atoms in total. The Morgan fingerprint density at radius 2 is 2.29 bits per heavy atom. The number of nitrogens with one attached hydrogen (secondary N) is 1. The largest absolute Gasteiger partial charge is 0.313 e. The van der Waals surface area contributed by atoms with Crippen LogP contribution in [0.3, 0.4) is 0 Å². The Morgan fingerprint density at radius 3 is 2.88 bits per heavy atom. The normalized spacial score (nSPS) is 12.9. The van der Waals surface area contributed by atoms with Crippen LogP contribution in [0, 0.1) is 0 Å². The third kappa shape index (κ3) is 6.13. The standard InChI is InChI=1S/C13H25N3S/c1-4-8-14-13(11-17-5-2)7-6-12-9-15-16(3)10-12/h9-10,13-14H,4-8,11H2,1-3H3. The summed E-state index contributed by atoms with van der Waals surface area (Å²) in [5.41, 5.74) is 1.34. The van der Waals surface area contributed by atoms with Gasteiger partial charge in [0.25, 0.3) is 0 Å². The molecule has 0 aliphatic carbocycles. The molecule has 0 aliphatic rings. The predicted molar refractivity (Wildman–Crippen MR) is 76.6 cm³/mol. The van der Waals surface area contributed by atoms with Gasteiger partial charge >= 0.3 is 0 Å². The van der Waals surface area contributed by atoms with Crippen LogP contribution in [0.25, 0.3) is 0 Å². The highest BCUT2D eigenvalue weighted by Gasteiger charge is 2.08. The van der Waals surface area contributed by atoms with Crippen LogP contribution in [0.5, 0.6) is 0 Å². The zero-order chi connectivity index (χ0) is 12.5. The Hall–Kier alpha value is -0.480. The van der Waals surface area contributed by atoms with Crippen molar-refractivity contribution in [3.63, 3.8) is 0 Å². The van der Waals surface area contributed by atoms with Crippen molar-refractivity contribution in [3.05, 3.63) is 18.0 Å². The van der Waals surface area contributed by atoms with Crippen molar-refractivity contribution in [3.8, 4) is 0 Å². The van der Waals surface area contributed by atoms with Crippen molar-refractivity contribution < 1.29 is 0 Å². The van der Waals surface area contributed by atoms with Crippen molar-refractivity contribution in [1.82, 2.24) is 15.1 Å². The van der Waals surface area contributed by atoms with Crippen LogP contribution >= 0.6 is 11.8 Å². The first-order valence-corrected chi connectivity index (χ1v) is 7.70. The molecule has 0 aromatic carbocycles. The lowest BCUT2D eigenvalue weighted by Gasteiger charge is -2.17. The summed E-state index contributed by atoms with van der Waals surface area (Å²) in [6.07, 6.45) is 7.63. The van der Waals surface area contributed by atoms with Crippen LogP contribution in [-0.2, 0) is 13.5 Å². The van der Waals surface area contributed by atoms with E-state index in [4.69, 9.17) is 0 Å². The molecule has 1 atom stereocenters. The summed E-state index contributed by atoms with van der Waals surface area (Å²) in [6.45, 7) is 5.57. The van der Waals surface area contributed by atoms with Gasteiger partial charge in [-0.1, -0.05) is 13.8 Å². The molecule has 0 bridgehead atoms. The molecular weight excluding hydrogens is 230 g/mol. The lowest BCUT2D eigenvalue weighted by atomic mass is 10.1. The first kappa shape index (κ1) is 14.6. The molecule has 1 unspecified atom stereocenters. The van der Waals surface area contributed by atoms with Gasteiger partial charge in [-0.05, 0) is 37.1 Å². The average Bonchev–Trinajstić information content (AvgIpc) is 2.74. The lowest BCUT2D eigenvalue weighted by molar-refractivity contribution is 0.520. The molecule has 1 N–H and O–H groups in total. The third-order valence-corrected chi connectivity index (χ3v) is 3.79. The molecule has 0 saturated carbocycles. The van der Waals surface area contributed by atoms with Gasteiger partial charge in [0.15, 0.2) is 0 Å². The van der Waals surface area contributed by atoms with Gasteiger partial charge in [-0.2, -0.15) is 16.9 Å². The van der Waals surface area contributed by atoms with Crippen LogP contribution in [0.4, 0.5) is 0 Å². The highest BCUT2D eigenvalue weighted by Crippen LogP contribution is 2.09. The van der Waals surface area contributed by atoms with E-state index in [-0.39, 0.29) is 0 Å². The zero-order valence-corrected chi connectivity index (χ0v) is 12.1. The molecule has 0 aliphatic heterocycles. The van der Waals surface area contributed by atoms with Gasteiger partial charge in [0.2, 0.25) is 0 Å². The van der Waals surface area contributed by atoms with Gasteiger partial charge in [0.1, 0.15) is 0 Å². The fraction of sp³-hybridized carbons (Fsp3) is 0.769. The van der Waals surface area contributed by atoms with Gasteiger partial charge < -0.3 is 5.32 Å². The van der Waals surface area contributed by atoms with E-state index in [1.165, 1.54) is 29.9 Å². The summed E-state index contributed by atoms with van der Waals surface area (Å²) < 4.78 is 1.88. The monoisotopic (exact) mass is 255 g/mol. The second kappa shape index (κ2) is 8.59. The molecule has 98 valence electrons. The molecule has 1 aromatic heterocycles. The fourth-order valence-electron chi connectivity index (χ4n) is 1.79. The Labute approximate surface area is 109 Å². The third-order valence-electron chi connectivity index (χ3n) is 2.75. The van der Waals surface area contributed by atoms with Gasteiger partial charge in [-0.15, -0.1) is 0 Å². The smallest absolute Gasteiger partial charge is 0.0521 e. The van der Waals surface area contributed by atoms with Gasteiger partial charge in [0, 0.05) is 25.0 Å². The van der Waals surface area contributed by atoms with E-state index in [1.807, 2.05) is 29.7 Å². The maximum Gasteiger partial charge on any atom is 0.0521 e. The summed E-state index contributed by atoms with van der Waals surface area (Å²) in [7, 11) is 1.98. The number of aromatic nitrogens is 2. The Bertz CT molecular complexity index is 291. The van der Waals surface area contributed by atoms with Crippen molar-refractivity contribution in [1.29, 1.82) is 0 Å². The number of hydrogen-bond acceptors (Lipinski definition) is 3. The maximum absolute atomic E-state index is 4.21. The summed E-state index contributed by atoms with van der Waals surface area (Å²) in [5, 5.41) is 7.84. The van der Waals surface area contributed by atoms with E-state index >= 15 is 0 Å². The molecule has 4 heteroatoms. The van der Waals surface area contributed by atoms with Gasteiger partial charge in [-0.25, -0.2) is 0 Å². The van der Waals surface area contributed by atoms with Crippen LogP contribution in [-0.4, -0.2) is 33.9 Å². The highest BCUT2D eigenvalue weighted by molar-refractivity contribution is 7.99. The Kier molecular flexibility index (Phi) is 7.37. The quantitative estimate of drug-likeness (QED) is 0.735. The molecule has 0 amide bonds. The number of nitrogens with zero attached hydrogens (tertiary/aromatic N) is 2. The van der Waals surface area contributed by atoms with Crippen LogP contribution in [0.1, 0.15) is 32.3 Å². The van der Waals surface area contributed by atoms with Gasteiger partial charge in [0.05, 0.1) is 6.20 Å². The molecule has 1 rings (SSSR count). The molecule has 1 aromatic rings. The fourth-order valence-corrected chi connectivity index (χ4v) is 2.60. The van der Waals surface area contributed by atoms with Gasteiger partial charge in [-0.3, -0.25) is 4.68 Å². The maximum atomic E-state index is 4.21. The van der Waals surface area contributed by atoms with E-state index in [0.717, 1.165) is 13.0 Å². The molecule has 0 saturated heterocycles. The van der Waals surface area contributed by atoms with Crippen molar-refractivity contribution in [2.45, 2.75) is 39.2 Å². The van der Waals surface area contributed by atoms with Crippen molar-refractivity contribution >= 4 is 11.8 Å². The predicted octanol–water partition coefficient (Wildman–Crippen LogP) is 2.47. The van der Waals surface area contributed by atoms with Crippen LogP contribution in [0.2, 0.25) is 0 Å². The molecule has 0 radical (unpaired) electrons. The number of thioether (sulfide) groups is 1.